The van der Waals surface area contributed by atoms with Crippen LogP contribution >= 0.6 is 43.2 Å². The Morgan fingerprint density at radius 3 is 2.67 bits per heavy atom. The minimum Gasteiger partial charge on any atom is -0.496 e. The largest absolute Gasteiger partial charge is 0.496 e. The number of ether oxygens (including phenoxy) is 1. The molecule has 18 heavy (non-hydrogen) atoms. The molecule has 0 fully saturated rings. The number of hydrogen-bond acceptors (Lipinski definition) is 3. The topological polar surface area (TPSA) is 26.3 Å². The average molecular weight is 390 g/mol. The van der Waals surface area contributed by atoms with E-state index in [0.29, 0.717) is 17.7 Å². The summed E-state index contributed by atoms with van der Waals surface area (Å²) in [7, 11) is 1.57. The van der Waals surface area contributed by atoms with Crippen LogP contribution in [-0.2, 0) is 6.42 Å². The quantitative estimate of drug-likeness (QED) is 0.708. The molecule has 1 heterocycles. The zero-order chi connectivity index (χ0) is 13.1. The van der Waals surface area contributed by atoms with Gasteiger partial charge < -0.3 is 4.74 Å². The number of hydrogen-bond donors (Lipinski definition) is 0. The maximum absolute atomic E-state index is 12.2. The molecule has 0 aliphatic rings. The van der Waals surface area contributed by atoms with Crippen LogP contribution in [0, 0.1) is 0 Å². The molecule has 0 radical (unpaired) electrons. The molecule has 94 valence electrons. The third-order valence-corrected chi connectivity index (χ3v) is 4.61. The van der Waals surface area contributed by atoms with E-state index in [0.717, 1.165) is 13.8 Å². The van der Waals surface area contributed by atoms with Gasteiger partial charge in [-0.3, -0.25) is 4.79 Å². The van der Waals surface area contributed by atoms with Gasteiger partial charge in [0.25, 0.3) is 0 Å². The Hall–Kier alpha value is -0.650. The summed E-state index contributed by atoms with van der Waals surface area (Å²) in [6.07, 6.45) is 0.397. The Kier molecular flexibility index (Phi) is 4.59. The van der Waals surface area contributed by atoms with Crippen molar-refractivity contribution in [1.29, 1.82) is 0 Å². The second kappa shape index (κ2) is 5.99. The van der Waals surface area contributed by atoms with Crippen molar-refractivity contribution in [3.05, 3.63) is 49.0 Å². The molecule has 0 saturated heterocycles. The molecule has 0 spiro atoms. The molecule has 5 heteroatoms. The normalized spacial score (nSPS) is 10.4. The smallest absolute Gasteiger partial charge is 0.171 e. The van der Waals surface area contributed by atoms with Crippen LogP contribution in [0.1, 0.15) is 15.2 Å². The van der Waals surface area contributed by atoms with Gasteiger partial charge in [-0.1, -0.05) is 15.9 Å². The van der Waals surface area contributed by atoms with E-state index in [-0.39, 0.29) is 5.78 Å². The van der Waals surface area contributed by atoms with Crippen molar-refractivity contribution in [2.45, 2.75) is 6.42 Å². The summed E-state index contributed by atoms with van der Waals surface area (Å²) >= 11 is 8.32. The van der Waals surface area contributed by atoms with Gasteiger partial charge in [-0.2, -0.15) is 0 Å². The highest BCUT2D eigenvalue weighted by molar-refractivity contribution is 9.10. The summed E-state index contributed by atoms with van der Waals surface area (Å²) in [4.78, 5) is 13.2. The molecule has 0 unspecified atom stereocenters. The number of thiophene rings is 1. The fraction of sp³-hybridized carbons (Fsp3) is 0.154. The third kappa shape index (κ3) is 3.22. The Labute approximate surface area is 126 Å². The van der Waals surface area contributed by atoms with Crippen molar-refractivity contribution in [1.82, 2.24) is 0 Å². The number of methoxy groups -OCH3 is 1. The first kappa shape index (κ1) is 13.8. The Morgan fingerprint density at radius 1 is 1.28 bits per heavy atom. The third-order valence-electron chi connectivity index (χ3n) is 2.42. The van der Waals surface area contributed by atoms with Gasteiger partial charge in [-0.25, -0.2) is 0 Å². The molecule has 0 N–H and O–H groups in total. The summed E-state index contributed by atoms with van der Waals surface area (Å²) in [6, 6.07) is 7.40. The molecule has 0 aliphatic heterocycles. The minimum atomic E-state index is 0.0636. The first-order chi connectivity index (χ1) is 8.60. The van der Waals surface area contributed by atoms with Crippen LogP contribution in [0.2, 0.25) is 0 Å². The molecular formula is C13H10Br2O2S. The van der Waals surface area contributed by atoms with E-state index in [9.17, 15) is 4.79 Å². The Balaban J connectivity index is 2.23. The van der Waals surface area contributed by atoms with Crippen LogP contribution in [0.15, 0.2) is 38.6 Å². The van der Waals surface area contributed by atoms with E-state index in [1.165, 1.54) is 0 Å². The van der Waals surface area contributed by atoms with E-state index >= 15 is 0 Å². The maximum atomic E-state index is 12.2. The van der Waals surface area contributed by atoms with Crippen LogP contribution in [0.25, 0.3) is 0 Å². The molecule has 1 aromatic heterocycles. The number of rotatable bonds is 4. The van der Waals surface area contributed by atoms with E-state index in [1.54, 1.807) is 30.6 Å². The Morgan fingerprint density at radius 2 is 2.06 bits per heavy atom. The lowest BCUT2D eigenvalue weighted by Crippen LogP contribution is -2.04. The van der Waals surface area contributed by atoms with Crippen molar-refractivity contribution < 1.29 is 9.53 Å². The van der Waals surface area contributed by atoms with Crippen molar-refractivity contribution >= 4 is 49.0 Å². The number of halogens is 2. The van der Waals surface area contributed by atoms with Gasteiger partial charge in [-0.15, -0.1) is 11.3 Å². The standard InChI is InChI=1S/C13H10Br2O2S/c1-17-13-5-8(14)2-3-11(13)12(16)6-10-4-9(15)7-18-10/h2-5,7H,6H2,1H3. The number of Topliss-reactive ketones (excluding diaryl/α,β-unsaturated/α-hetero) is 1. The molecule has 2 nitrogen and oxygen atoms in total. The maximum Gasteiger partial charge on any atom is 0.171 e. The summed E-state index contributed by atoms with van der Waals surface area (Å²) < 4.78 is 7.14. The number of benzene rings is 1. The molecular weight excluding hydrogens is 380 g/mol. The highest BCUT2D eigenvalue weighted by atomic mass is 79.9. The molecule has 2 rings (SSSR count). The van der Waals surface area contributed by atoms with Gasteiger partial charge in [0.05, 0.1) is 12.7 Å². The monoisotopic (exact) mass is 388 g/mol. The van der Waals surface area contributed by atoms with Crippen molar-refractivity contribution in [3.8, 4) is 5.75 Å². The fourth-order valence-electron chi connectivity index (χ4n) is 1.60. The first-order valence-electron chi connectivity index (χ1n) is 5.20. The van der Waals surface area contributed by atoms with Crippen LogP contribution in [-0.4, -0.2) is 12.9 Å². The zero-order valence-electron chi connectivity index (χ0n) is 9.57. The SMILES string of the molecule is COc1cc(Br)ccc1C(=O)Cc1cc(Br)cs1. The number of carbonyl (C=O) groups excluding carboxylic acids is 1. The van der Waals surface area contributed by atoms with Gasteiger partial charge in [0, 0.05) is 25.6 Å². The van der Waals surface area contributed by atoms with Crippen LogP contribution < -0.4 is 4.74 Å². The predicted octanol–water partition coefficient (Wildman–Crippen LogP) is 4.71. The second-order valence-electron chi connectivity index (χ2n) is 3.68. The van der Waals surface area contributed by atoms with E-state index in [4.69, 9.17) is 4.74 Å². The van der Waals surface area contributed by atoms with Crippen molar-refractivity contribution in [2.24, 2.45) is 0 Å². The number of ketones is 1. The van der Waals surface area contributed by atoms with Gasteiger partial charge in [0.2, 0.25) is 0 Å². The summed E-state index contributed by atoms with van der Waals surface area (Å²) in [5.74, 6) is 0.665. The van der Waals surface area contributed by atoms with Gasteiger partial charge >= 0.3 is 0 Å². The van der Waals surface area contributed by atoms with Crippen LogP contribution in [0.5, 0.6) is 5.75 Å². The summed E-state index contributed by atoms with van der Waals surface area (Å²) in [5, 5.41) is 1.97. The molecule has 0 aliphatic carbocycles. The lowest BCUT2D eigenvalue weighted by molar-refractivity contribution is 0.0991. The molecule has 0 bridgehead atoms. The first-order valence-corrected chi connectivity index (χ1v) is 7.66. The van der Waals surface area contributed by atoms with Crippen molar-refractivity contribution in [2.75, 3.05) is 7.11 Å². The molecule has 0 saturated carbocycles. The highest BCUT2D eigenvalue weighted by Gasteiger charge is 2.14. The zero-order valence-corrected chi connectivity index (χ0v) is 13.6. The highest BCUT2D eigenvalue weighted by Crippen LogP contribution is 2.26. The molecule has 2 aromatic rings. The lowest BCUT2D eigenvalue weighted by atomic mass is 10.1. The Bertz CT molecular complexity index is 578. The molecule has 1 aromatic carbocycles. The average Bonchev–Trinajstić information content (AvgIpc) is 2.74. The molecule has 0 amide bonds. The molecule has 0 atom stereocenters. The van der Waals surface area contributed by atoms with E-state index in [2.05, 4.69) is 31.9 Å². The van der Waals surface area contributed by atoms with Crippen LogP contribution in [0.4, 0.5) is 0 Å². The van der Waals surface area contributed by atoms with Crippen molar-refractivity contribution in [3.63, 3.8) is 0 Å². The van der Waals surface area contributed by atoms with Gasteiger partial charge in [-0.05, 0) is 40.2 Å². The fourth-order valence-corrected chi connectivity index (χ4v) is 3.39. The summed E-state index contributed by atoms with van der Waals surface area (Å²) in [6.45, 7) is 0. The van der Waals surface area contributed by atoms with Gasteiger partial charge in [0.15, 0.2) is 5.78 Å². The van der Waals surface area contributed by atoms with E-state index in [1.807, 2.05) is 17.5 Å². The number of carbonyl (C=O) groups is 1. The van der Waals surface area contributed by atoms with Crippen LogP contribution in [0.3, 0.4) is 0 Å². The van der Waals surface area contributed by atoms with Gasteiger partial charge in [0.1, 0.15) is 5.75 Å². The second-order valence-corrected chi connectivity index (χ2v) is 6.50. The predicted molar refractivity (Wildman–Crippen MR) is 80.7 cm³/mol. The lowest BCUT2D eigenvalue weighted by Gasteiger charge is -2.07. The summed E-state index contributed by atoms with van der Waals surface area (Å²) in [5.41, 5.74) is 0.616. The minimum absolute atomic E-state index is 0.0636. The van der Waals surface area contributed by atoms with E-state index < -0.39 is 0 Å².